The predicted molar refractivity (Wildman–Crippen MR) is 50.7 cm³/mol. The fourth-order valence-electron chi connectivity index (χ4n) is 0.520. The molecule has 3 nitrogen and oxygen atoms in total. The van der Waals surface area contributed by atoms with Gasteiger partial charge in [0, 0.05) is 131 Å². The van der Waals surface area contributed by atoms with E-state index >= 15 is 0 Å². The van der Waals surface area contributed by atoms with Crippen molar-refractivity contribution >= 4 is 5.58 Å². The van der Waals surface area contributed by atoms with Crippen LogP contribution in [0.1, 0.15) is 27.7 Å². The van der Waals surface area contributed by atoms with Crippen LogP contribution < -0.4 is 0 Å². The van der Waals surface area contributed by atoms with Crippen molar-refractivity contribution in [1.29, 1.82) is 0 Å². The van der Waals surface area contributed by atoms with Gasteiger partial charge in [0.05, 0.1) is 0 Å². The smallest absolute Gasteiger partial charge is 0 e. The summed E-state index contributed by atoms with van der Waals surface area (Å²) < 4.78 is 16.4. The molecule has 0 aliphatic carbocycles. The van der Waals surface area contributed by atoms with Gasteiger partial charge in [0.2, 0.25) is 0 Å². The molecular weight excluding hydrogens is 715 g/mol. The Morgan fingerprint density at radius 2 is 1.24 bits per heavy atom. The third kappa shape index (κ3) is 14.7. The maximum absolute atomic E-state index is 5.85. The van der Waals surface area contributed by atoms with Crippen molar-refractivity contribution in [2.75, 3.05) is 14.2 Å². The summed E-state index contributed by atoms with van der Waals surface area (Å²) in [6, 6.07) is 0. The minimum absolute atomic E-state index is 0. The van der Waals surface area contributed by atoms with Gasteiger partial charge < -0.3 is 0 Å². The quantitative estimate of drug-likeness (QED) is 0.322. The van der Waals surface area contributed by atoms with Crippen molar-refractivity contribution in [2.24, 2.45) is 0 Å². The van der Waals surface area contributed by atoms with Crippen LogP contribution in [0.3, 0.4) is 0 Å². The molecule has 0 saturated heterocycles. The molecule has 9 heteroatoms. The Balaban J connectivity index is -0.000000120. The molecule has 0 aromatic rings. The largest absolute Gasteiger partial charge is 0 e. The third-order valence-corrected chi connectivity index (χ3v) is 7.58. The van der Waals surface area contributed by atoms with Gasteiger partial charge in [-0.2, -0.15) is 0 Å². The topological polar surface area (TPSA) is 27.7 Å². The van der Waals surface area contributed by atoms with Gasteiger partial charge in [0.1, 0.15) is 0 Å². The third-order valence-electron chi connectivity index (χ3n) is 1.99. The summed E-state index contributed by atoms with van der Waals surface area (Å²) in [6.07, 6.45) is 0. The summed E-state index contributed by atoms with van der Waals surface area (Å²) in [4.78, 5) is 0. The van der Waals surface area contributed by atoms with Crippen LogP contribution in [-0.2, 0) is 163 Å². The Morgan fingerprint density at radius 1 is 0.941 bits per heavy atom. The van der Waals surface area contributed by atoms with Crippen LogP contribution in [-0.4, -0.2) is 19.8 Å². The molecule has 0 N–H and O–H groups in total. The van der Waals surface area contributed by atoms with Crippen LogP contribution in [0.5, 0.6) is 0 Å². The van der Waals surface area contributed by atoms with Gasteiger partial charge in [-0.05, 0) is 0 Å². The number of hydrogen-bond donors (Lipinski definition) is 0. The molecule has 0 unspecified atom stereocenters. The monoisotopic (exact) mass is 733 g/mol. The summed E-state index contributed by atoms with van der Waals surface area (Å²) >= 11 is 1.21. The fraction of sp³-hybridized carbons (Fsp3) is 0.875. The van der Waals surface area contributed by atoms with Gasteiger partial charge in [0.15, 0.2) is 0 Å². The zero-order valence-corrected chi connectivity index (χ0v) is 26.6. The molecule has 0 amide bonds. The zero-order valence-electron chi connectivity index (χ0n) is 11.4. The first kappa shape index (κ1) is 33.9. The standard InChI is InChI=1S/C8H18O3P.W.4Y/c1-7(2)8(3,4)11-12(9-5)10-6;;;;;/h1-6H3;;;;;/q-1;;;;;. The minimum atomic E-state index is -2.04. The first-order valence-corrected chi connectivity index (χ1v) is 9.40. The zero-order chi connectivity index (χ0) is 10.7. The van der Waals surface area contributed by atoms with E-state index in [9.17, 15) is 0 Å². The molecule has 0 bridgehead atoms. The second kappa shape index (κ2) is 16.3. The van der Waals surface area contributed by atoms with Gasteiger partial charge >= 0.3 is 91.4 Å². The molecular formula is C8H18O3PWY4-. The maximum Gasteiger partial charge on any atom is 0 e. The van der Waals surface area contributed by atoms with Gasteiger partial charge in [-0.1, -0.05) is 0 Å². The Hall–Kier alpha value is 5.41. The predicted octanol–water partition coefficient (Wildman–Crippen LogP) is 2.90. The first-order chi connectivity index (χ1) is 5.77. The van der Waals surface area contributed by atoms with Crippen LogP contribution in [0.4, 0.5) is 0 Å². The summed E-state index contributed by atoms with van der Waals surface area (Å²) in [6.45, 7) is 8.14. The Bertz CT molecular complexity index is 209. The van der Waals surface area contributed by atoms with E-state index in [4.69, 9.17) is 13.6 Å². The first-order valence-electron chi connectivity index (χ1n) is 4.00. The van der Waals surface area contributed by atoms with Gasteiger partial charge in [-0.3, -0.25) is 0 Å². The van der Waals surface area contributed by atoms with E-state index in [2.05, 4.69) is 0 Å². The number of rotatable bonds is 5. The summed E-state index contributed by atoms with van der Waals surface area (Å²) in [5.74, 6) is 1.22. The molecule has 0 heterocycles. The molecule has 0 aromatic carbocycles. The van der Waals surface area contributed by atoms with Crippen LogP contribution >= 0.6 is 5.58 Å². The van der Waals surface area contributed by atoms with Gasteiger partial charge in [-0.15, -0.1) is 0 Å². The van der Waals surface area contributed by atoms with Crippen molar-refractivity contribution in [1.82, 2.24) is 0 Å². The van der Waals surface area contributed by atoms with Crippen molar-refractivity contribution in [3.8, 4) is 0 Å². The van der Waals surface area contributed by atoms with Crippen molar-refractivity contribution in [2.45, 2.75) is 33.3 Å². The normalized spacial score (nSPS) is 10.5. The molecule has 0 aliphatic rings. The average Bonchev–Trinajstić information content (AvgIpc) is 2.03. The summed E-state index contributed by atoms with van der Waals surface area (Å²) in [5.41, 5.74) is -2.32. The second-order valence-corrected chi connectivity index (χ2v) is 10.0. The molecule has 4 radical (unpaired) electrons. The van der Waals surface area contributed by atoms with Crippen LogP contribution in [0.15, 0.2) is 0 Å². The van der Waals surface area contributed by atoms with E-state index < -0.39 is 5.58 Å². The minimum Gasteiger partial charge on any atom is 0 e. The summed E-state index contributed by atoms with van der Waals surface area (Å²) in [5, 5.41) is 0. The molecule has 0 spiro atoms. The van der Waals surface area contributed by atoms with E-state index in [0.717, 1.165) is 0 Å². The van der Waals surface area contributed by atoms with E-state index in [1.165, 1.54) is 24.7 Å². The van der Waals surface area contributed by atoms with Gasteiger partial charge in [0.25, 0.3) is 0 Å². The number of hydrogen-bond acceptors (Lipinski definition) is 3. The van der Waals surface area contributed by atoms with Gasteiger partial charge in [-0.25, -0.2) is 0 Å². The Morgan fingerprint density at radius 3 is 1.41 bits per heavy atom. The molecule has 17 heavy (non-hydrogen) atoms. The molecule has 0 aromatic heterocycles. The van der Waals surface area contributed by atoms with Crippen LogP contribution in [0, 0.1) is 5.92 Å². The molecule has 0 atom stereocenters. The maximum atomic E-state index is 5.85. The molecule has 0 aliphatic heterocycles. The van der Waals surface area contributed by atoms with Crippen molar-refractivity contribution < 1.29 is 163 Å². The van der Waals surface area contributed by atoms with Crippen LogP contribution in [0.2, 0.25) is 0 Å². The SMILES string of the molecule is CO[P](=[W])(OC)OC(C)(C)[C-](C)C.[Y].[Y].[Y].[Y]. The molecule has 0 fully saturated rings. The van der Waals surface area contributed by atoms with E-state index in [1.807, 2.05) is 27.7 Å². The van der Waals surface area contributed by atoms with Crippen LogP contribution in [0.25, 0.3) is 0 Å². The molecule has 0 rings (SSSR count). The molecule has 0 saturated carbocycles. The van der Waals surface area contributed by atoms with Crippen molar-refractivity contribution in [3.63, 3.8) is 0 Å². The average molecular weight is 733 g/mol. The van der Waals surface area contributed by atoms with E-state index in [-0.39, 0.29) is 136 Å². The Labute approximate surface area is 217 Å². The van der Waals surface area contributed by atoms with Crippen molar-refractivity contribution in [3.05, 3.63) is 5.92 Å². The Kier molecular flexibility index (Phi) is 32.5. The van der Waals surface area contributed by atoms with E-state index in [0.29, 0.717) is 0 Å². The second-order valence-electron chi connectivity index (χ2n) is 3.41. The van der Waals surface area contributed by atoms with E-state index in [1.54, 1.807) is 14.2 Å². The summed E-state index contributed by atoms with van der Waals surface area (Å²) in [7, 11) is 3.26. The fourth-order valence-corrected chi connectivity index (χ4v) is 3.57. The molecule has 92 valence electrons.